The Bertz CT molecular complexity index is 209. The van der Waals surface area contributed by atoms with E-state index in [-0.39, 0.29) is 12.4 Å². The van der Waals surface area contributed by atoms with Crippen molar-refractivity contribution in [3.63, 3.8) is 0 Å². The smallest absolute Gasteiger partial charge is 0.0588 e. The summed E-state index contributed by atoms with van der Waals surface area (Å²) >= 11 is 0. The number of hydrogen-bond acceptors (Lipinski definition) is 3. The zero-order chi connectivity index (χ0) is 10.7. The first-order chi connectivity index (χ1) is 7.22. The summed E-state index contributed by atoms with van der Waals surface area (Å²) < 4.78 is 5.64. The highest BCUT2D eigenvalue weighted by molar-refractivity contribution is 5.85. The zero-order valence-corrected chi connectivity index (χ0v) is 11.1. The molecule has 2 saturated heterocycles. The molecule has 2 atom stereocenters. The molecule has 2 heterocycles. The van der Waals surface area contributed by atoms with Gasteiger partial charge in [0.2, 0.25) is 0 Å². The minimum Gasteiger partial charge on any atom is -0.378 e. The van der Waals surface area contributed by atoms with E-state index in [9.17, 15) is 0 Å². The van der Waals surface area contributed by atoms with Crippen LogP contribution in [-0.4, -0.2) is 43.8 Å². The molecular formula is C12H25ClN2O. The number of ether oxygens (including phenoxy) is 1. The SMILES string of the molecule is CC1(CN)CCN(CCC2CCCO2)C1.Cl. The van der Waals surface area contributed by atoms with Gasteiger partial charge < -0.3 is 15.4 Å². The van der Waals surface area contributed by atoms with E-state index in [2.05, 4.69) is 11.8 Å². The lowest BCUT2D eigenvalue weighted by molar-refractivity contribution is 0.0937. The van der Waals surface area contributed by atoms with Gasteiger partial charge in [0.25, 0.3) is 0 Å². The van der Waals surface area contributed by atoms with Gasteiger partial charge in [0.15, 0.2) is 0 Å². The fourth-order valence-corrected chi connectivity index (χ4v) is 2.68. The average Bonchev–Trinajstić information content (AvgIpc) is 2.85. The first kappa shape index (κ1) is 14.2. The molecule has 0 aromatic carbocycles. The molecule has 0 bridgehead atoms. The maximum atomic E-state index is 5.80. The molecule has 16 heavy (non-hydrogen) atoms. The van der Waals surface area contributed by atoms with Crippen LogP contribution in [0, 0.1) is 5.41 Å². The second kappa shape index (κ2) is 6.20. The van der Waals surface area contributed by atoms with Gasteiger partial charge in [-0.25, -0.2) is 0 Å². The predicted octanol–water partition coefficient (Wildman–Crippen LogP) is 1.65. The van der Waals surface area contributed by atoms with Crippen molar-refractivity contribution in [2.24, 2.45) is 11.1 Å². The normalized spacial score (nSPS) is 35.2. The highest BCUT2D eigenvalue weighted by atomic mass is 35.5. The molecule has 2 fully saturated rings. The fraction of sp³-hybridized carbons (Fsp3) is 1.00. The second-order valence-corrected chi connectivity index (χ2v) is 5.46. The third-order valence-electron chi connectivity index (χ3n) is 3.92. The van der Waals surface area contributed by atoms with E-state index in [0.29, 0.717) is 11.5 Å². The maximum Gasteiger partial charge on any atom is 0.0588 e. The summed E-state index contributed by atoms with van der Waals surface area (Å²) in [5.41, 5.74) is 6.17. The lowest BCUT2D eigenvalue weighted by Gasteiger charge is -2.23. The Morgan fingerprint density at radius 2 is 2.31 bits per heavy atom. The van der Waals surface area contributed by atoms with E-state index >= 15 is 0 Å². The van der Waals surface area contributed by atoms with Crippen molar-refractivity contribution in [3.8, 4) is 0 Å². The van der Waals surface area contributed by atoms with E-state index < -0.39 is 0 Å². The molecule has 0 aromatic rings. The lowest BCUT2D eigenvalue weighted by atomic mass is 9.90. The Morgan fingerprint density at radius 1 is 1.50 bits per heavy atom. The van der Waals surface area contributed by atoms with Gasteiger partial charge in [0.05, 0.1) is 6.10 Å². The third-order valence-corrected chi connectivity index (χ3v) is 3.92. The van der Waals surface area contributed by atoms with Crippen LogP contribution in [-0.2, 0) is 4.74 Å². The Balaban J connectivity index is 0.00000128. The molecule has 3 nitrogen and oxygen atoms in total. The molecule has 0 radical (unpaired) electrons. The molecule has 0 aliphatic carbocycles. The first-order valence-corrected chi connectivity index (χ1v) is 6.26. The Kier molecular flexibility index (Phi) is 5.51. The summed E-state index contributed by atoms with van der Waals surface area (Å²) in [5.74, 6) is 0. The standard InChI is InChI=1S/C12H24N2O.ClH/c1-12(9-13)5-7-14(10-12)6-4-11-3-2-8-15-11;/h11H,2-10,13H2,1H3;1H. The van der Waals surface area contributed by atoms with E-state index in [0.717, 1.165) is 13.2 Å². The van der Waals surface area contributed by atoms with Crippen molar-refractivity contribution < 1.29 is 4.74 Å². The molecule has 0 amide bonds. The van der Waals surface area contributed by atoms with Crippen molar-refractivity contribution in [1.82, 2.24) is 4.90 Å². The zero-order valence-electron chi connectivity index (χ0n) is 10.3. The molecule has 0 aromatic heterocycles. The highest BCUT2D eigenvalue weighted by Gasteiger charge is 2.32. The molecule has 4 heteroatoms. The Morgan fingerprint density at radius 3 is 2.88 bits per heavy atom. The van der Waals surface area contributed by atoms with Crippen LogP contribution in [0.15, 0.2) is 0 Å². The van der Waals surface area contributed by atoms with Gasteiger partial charge in [-0.2, -0.15) is 0 Å². The summed E-state index contributed by atoms with van der Waals surface area (Å²) in [6, 6.07) is 0. The van der Waals surface area contributed by atoms with Crippen LogP contribution in [0.5, 0.6) is 0 Å². The Labute approximate surface area is 105 Å². The summed E-state index contributed by atoms with van der Waals surface area (Å²) in [5, 5.41) is 0. The maximum absolute atomic E-state index is 5.80. The van der Waals surface area contributed by atoms with E-state index in [1.54, 1.807) is 0 Å². The van der Waals surface area contributed by atoms with Crippen LogP contribution in [0.25, 0.3) is 0 Å². The summed E-state index contributed by atoms with van der Waals surface area (Å²) in [6.45, 7) is 7.70. The van der Waals surface area contributed by atoms with E-state index in [1.165, 1.54) is 45.3 Å². The molecular weight excluding hydrogens is 224 g/mol. The van der Waals surface area contributed by atoms with Crippen molar-refractivity contribution in [2.75, 3.05) is 32.8 Å². The number of nitrogens with zero attached hydrogens (tertiary/aromatic N) is 1. The quantitative estimate of drug-likeness (QED) is 0.822. The number of likely N-dealkylation sites (tertiary alicyclic amines) is 1. The van der Waals surface area contributed by atoms with Gasteiger partial charge in [0, 0.05) is 19.7 Å². The monoisotopic (exact) mass is 248 g/mol. The van der Waals surface area contributed by atoms with Crippen LogP contribution in [0.3, 0.4) is 0 Å². The molecule has 2 rings (SSSR count). The van der Waals surface area contributed by atoms with Crippen LogP contribution in [0.4, 0.5) is 0 Å². The number of hydrogen-bond donors (Lipinski definition) is 1. The summed E-state index contributed by atoms with van der Waals surface area (Å²) in [7, 11) is 0. The fourth-order valence-electron chi connectivity index (χ4n) is 2.68. The van der Waals surface area contributed by atoms with Gasteiger partial charge in [-0.1, -0.05) is 6.92 Å². The van der Waals surface area contributed by atoms with Gasteiger partial charge >= 0.3 is 0 Å². The summed E-state index contributed by atoms with van der Waals surface area (Å²) in [4.78, 5) is 2.55. The second-order valence-electron chi connectivity index (χ2n) is 5.46. The Hall–Kier alpha value is 0.170. The van der Waals surface area contributed by atoms with E-state index in [4.69, 9.17) is 10.5 Å². The minimum atomic E-state index is 0. The minimum absolute atomic E-state index is 0. The van der Waals surface area contributed by atoms with Crippen molar-refractivity contribution in [3.05, 3.63) is 0 Å². The van der Waals surface area contributed by atoms with E-state index in [1.807, 2.05) is 0 Å². The molecule has 2 N–H and O–H groups in total. The van der Waals surface area contributed by atoms with Crippen molar-refractivity contribution in [1.29, 1.82) is 0 Å². The van der Waals surface area contributed by atoms with Gasteiger partial charge in [-0.3, -0.25) is 0 Å². The molecule has 0 spiro atoms. The molecule has 0 saturated carbocycles. The molecule has 2 aliphatic heterocycles. The van der Waals surface area contributed by atoms with Gasteiger partial charge in [-0.05, 0) is 44.2 Å². The molecule has 96 valence electrons. The van der Waals surface area contributed by atoms with Crippen LogP contribution in [0.1, 0.15) is 32.6 Å². The predicted molar refractivity (Wildman–Crippen MR) is 69.1 cm³/mol. The third kappa shape index (κ3) is 3.59. The van der Waals surface area contributed by atoms with Crippen LogP contribution < -0.4 is 5.73 Å². The van der Waals surface area contributed by atoms with Crippen LogP contribution >= 0.6 is 12.4 Å². The number of nitrogens with two attached hydrogens (primary N) is 1. The van der Waals surface area contributed by atoms with Crippen LogP contribution in [0.2, 0.25) is 0 Å². The van der Waals surface area contributed by atoms with Crippen molar-refractivity contribution in [2.45, 2.75) is 38.7 Å². The number of halogens is 1. The molecule has 2 unspecified atom stereocenters. The van der Waals surface area contributed by atoms with Crippen molar-refractivity contribution >= 4 is 12.4 Å². The topological polar surface area (TPSA) is 38.5 Å². The first-order valence-electron chi connectivity index (χ1n) is 6.26. The van der Waals surface area contributed by atoms with Gasteiger partial charge in [-0.15, -0.1) is 12.4 Å². The largest absolute Gasteiger partial charge is 0.378 e. The lowest BCUT2D eigenvalue weighted by Crippen LogP contribution is -2.32. The molecule has 2 aliphatic rings. The van der Waals surface area contributed by atoms with Gasteiger partial charge in [0.1, 0.15) is 0 Å². The average molecular weight is 249 g/mol. The highest BCUT2D eigenvalue weighted by Crippen LogP contribution is 2.29. The summed E-state index contributed by atoms with van der Waals surface area (Å²) in [6.07, 6.45) is 5.53. The number of rotatable bonds is 4.